The van der Waals surface area contributed by atoms with Gasteiger partial charge in [-0.15, -0.1) is 0 Å². The Bertz CT molecular complexity index is 474. The normalized spacial score (nSPS) is 18.9. The Hall–Kier alpha value is -1.75. The SMILES string of the molecule is CNC(=O)c1ccc(N)cc1N1CCCC(CCO)C1. The van der Waals surface area contributed by atoms with Gasteiger partial charge >= 0.3 is 0 Å². The van der Waals surface area contributed by atoms with Crippen LogP contribution in [0.3, 0.4) is 0 Å². The molecular weight excluding hydrogens is 254 g/mol. The molecule has 20 heavy (non-hydrogen) atoms. The van der Waals surface area contributed by atoms with E-state index in [9.17, 15) is 4.79 Å². The number of aliphatic hydroxyl groups is 1. The molecule has 110 valence electrons. The van der Waals surface area contributed by atoms with Gasteiger partial charge in [0.25, 0.3) is 5.91 Å². The van der Waals surface area contributed by atoms with Crippen LogP contribution in [0, 0.1) is 5.92 Å². The number of nitrogen functional groups attached to an aromatic ring is 1. The zero-order valence-electron chi connectivity index (χ0n) is 11.9. The minimum Gasteiger partial charge on any atom is -0.399 e. The number of carbonyl (C=O) groups is 1. The van der Waals surface area contributed by atoms with E-state index in [4.69, 9.17) is 10.8 Å². The molecular formula is C15H23N3O2. The van der Waals surface area contributed by atoms with E-state index in [-0.39, 0.29) is 12.5 Å². The average molecular weight is 277 g/mol. The molecule has 1 aromatic rings. The van der Waals surface area contributed by atoms with E-state index in [1.807, 2.05) is 6.07 Å². The topological polar surface area (TPSA) is 78.6 Å². The van der Waals surface area contributed by atoms with Crippen LogP contribution in [0.5, 0.6) is 0 Å². The maximum atomic E-state index is 12.0. The zero-order chi connectivity index (χ0) is 14.5. The summed E-state index contributed by atoms with van der Waals surface area (Å²) in [6.07, 6.45) is 3.02. The molecule has 0 radical (unpaired) electrons. The maximum Gasteiger partial charge on any atom is 0.253 e. The maximum absolute atomic E-state index is 12.0. The molecule has 4 N–H and O–H groups in total. The van der Waals surface area contributed by atoms with Crippen LogP contribution in [0.1, 0.15) is 29.6 Å². The van der Waals surface area contributed by atoms with Gasteiger partial charge in [-0.05, 0) is 43.4 Å². The lowest BCUT2D eigenvalue weighted by Gasteiger charge is -2.35. The summed E-state index contributed by atoms with van der Waals surface area (Å²) in [7, 11) is 1.63. The Labute approximate surface area is 119 Å². The van der Waals surface area contributed by atoms with Crippen LogP contribution in [0.2, 0.25) is 0 Å². The molecule has 1 aliphatic rings. The molecule has 1 unspecified atom stereocenters. The lowest BCUT2D eigenvalue weighted by atomic mass is 9.94. The molecule has 1 heterocycles. The highest BCUT2D eigenvalue weighted by molar-refractivity contribution is 6.00. The van der Waals surface area contributed by atoms with E-state index in [1.165, 1.54) is 0 Å². The number of nitrogens with one attached hydrogen (secondary N) is 1. The molecule has 0 aromatic heterocycles. The predicted octanol–water partition coefficient (Wildman–Crippen LogP) is 1.23. The van der Waals surface area contributed by atoms with Gasteiger partial charge in [0.2, 0.25) is 0 Å². The fraction of sp³-hybridized carbons (Fsp3) is 0.533. The van der Waals surface area contributed by atoms with Crippen molar-refractivity contribution in [2.24, 2.45) is 5.92 Å². The van der Waals surface area contributed by atoms with Crippen molar-refractivity contribution in [2.45, 2.75) is 19.3 Å². The molecule has 1 amide bonds. The molecule has 1 aromatic carbocycles. The largest absolute Gasteiger partial charge is 0.399 e. The number of nitrogens with zero attached hydrogens (tertiary/aromatic N) is 1. The Morgan fingerprint density at radius 1 is 1.55 bits per heavy atom. The number of carbonyl (C=O) groups excluding carboxylic acids is 1. The lowest BCUT2D eigenvalue weighted by molar-refractivity contribution is 0.0963. The summed E-state index contributed by atoms with van der Waals surface area (Å²) in [6, 6.07) is 5.40. The Morgan fingerprint density at radius 2 is 2.35 bits per heavy atom. The third-order valence-corrected chi connectivity index (χ3v) is 3.89. The highest BCUT2D eigenvalue weighted by Crippen LogP contribution is 2.29. The van der Waals surface area contributed by atoms with Crippen molar-refractivity contribution in [1.29, 1.82) is 0 Å². The van der Waals surface area contributed by atoms with Gasteiger partial charge in [0, 0.05) is 32.4 Å². The zero-order valence-corrected chi connectivity index (χ0v) is 11.9. The molecule has 0 bridgehead atoms. The number of rotatable bonds is 4. The number of amides is 1. The number of benzene rings is 1. The van der Waals surface area contributed by atoms with Crippen molar-refractivity contribution in [3.63, 3.8) is 0 Å². The minimum absolute atomic E-state index is 0.0933. The van der Waals surface area contributed by atoms with Crippen molar-refractivity contribution in [3.05, 3.63) is 23.8 Å². The number of nitrogens with two attached hydrogens (primary N) is 1. The van der Waals surface area contributed by atoms with Crippen LogP contribution in [0.25, 0.3) is 0 Å². The predicted molar refractivity (Wildman–Crippen MR) is 80.9 cm³/mol. The summed E-state index contributed by atoms with van der Waals surface area (Å²) in [6.45, 7) is 2.02. The van der Waals surface area contributed by atoms with E-state index in [1.54, 1.807) is 19.2 Å². The number of hydrogen-bond acceptors (Lipinski definition) is 4. The first kappa shape index (κ1) is 14.7. The van der Waals surface area contributed by atoms with Crippen molar-refractivity contribution < 1.29 is 9.90 Å². The number of piperidine rings is 1. The molecule has 1 aliphatic heterocycles. The second-order valence-corrected chi connectivity index (χ2v) is 5.32. The van der Waals surface area contributed by atoms with Crippen LogP contribution >= 0.6 is 0 Å². The van der Waals surface area contributed by atoms with Gasteiger partial charge < -0.3 is 21.1 Å². The third kappa shape index (κ3) is 3.22. The van der Waals surface area contributed by atoms with Crippen LogP contribution < -0.4 is 16.0 Å². The van der Waals surface area contributed by atoms with E-state index < -0.39 is 0 Å². The first-order valence-electron chi connectivity index (χ1n) is 7.13. The second kappa shape index (κ2) is 6.61. The number of hydrogen-bond donors (Lipinski definition) is 3. The molecule has 5 nitrogen and oxygen atoms in total. The number of aliphatic hydroxyl groups excluding tert-OH is 1. The first-order chi connectivity index (χ1) is 9.65. The third-order valence-electron chi connectivity index (χ3n) is 3.89. The second-order valence-electron chi connectivity index (χ2n) is 5.32. The smallest absolute Gasteiger partial charge is 0.253 e. The fourth-order valence-corrected chi connectivity index (χ4v) is 2.84. The van der Waals surface area contributed by atoms with Crippen molar-refractivity contribution in [3.8, 4) is 0 Å². The standard InChI is InChI=1S/C15H23N3O2/c1-17-15(20)13-5-4-12(16)9-14(13)18-7-2-3-11(10-18)6-8-19/h4-5,9,11,19H,2-3,6-8,10,16H2,1H3,(H,17,20). The summed E-state index contributed by atoms with van der Waals surface area (Å²) in [4.78, 5) is 14.2. The fourth-order valence-electron chi connectivity index (χ4n) is 2.84. The monoisotopic (exact) mass is 277 g/mol. The van der Waals surface area contributed by atoms with E-state index in [2.05, 4.69) is 10.2 Å². The van der Waals surface area contributed by atoms with Gasteiger partial charge in [-0.2, -0.15) is 0 Å². The highest BCUT2D eigenvalue weighted by Gasteiger charge is 2.23. The molecule has 2 rings (SSSR count). The van der Waals surface area contributed by atoms with Crippen LogP contribution in [-0.2, 0) is 0 Å². The Kier molecular flexibility index (Phi) is 4.84. The highest BCUT2D eigenvalue weighted by atomic mass is 16.3. The van der Waals surface area contributed by atoms with Gasteiger partial charge in [-0.3, -0.25) is 4.79 Å². The quantitative estimate of drug-likeness (QED) is 0.723. The summed E-state index contributed by atoms with van der Waals surface area (Å²) >= 11 is 0. The number of anilines is 2. The van der Waals surface area contributed by atoms with E-state index in [0.29, 0.717) is 17.2 Å². The summed E-state index contributed by atoms with van der Waals surface area (Å²) < 4.78 is 0. The van der Waals surface area contributed by atoms with Gasteiger partial charge in [0.1, 0.15) is 0 Å². The summed E-state index contributed by atoms with van der Waals surface area (Å²) in [5.74, 6) is 0.386. The van der Waals surface area contributed by atoms with Gasteiger partial charge in [-0.25, -0.2) is 0 Å². The summed E-state index contributed by atoms with van der Waals surface area (Å²) in [5, 5.41) is 11.8. The van der Waals surface area contributed by atoms with E-state index >= 15 is 0 Å². The van der Waals surface area contributed by atoms with E-state index in [0.717, 1.165) is 38.0 Å². The molecule has 1 saturated heterocycles. The average Bonchev–Trinajstić information content (AvgIpc) is 2.47. The molecule has 0 saturated carbocycles. The first-order valence-corrected chi connectivity index (χ1v) is 7.13. The van der Waals surface area contributed by atoms with Crippen molar-refractivity contribution >= 4 is 17.3 Å². The Balaban J connectivity index is 2.26. The molecule has 5 heteroatoms. The molecule has 0 spiro atoms. The Morgan fingerprint density at radius 3 is 3.05 bits per heavy atom. The van der Waals surface area contributed by atoms with Gasteiger partial charge in [-0.1, -0.05) is 0 Å². The van der Waals surface area contributed by atoms with Crippen LogP contribution in [0.4, 0.5) is 11.4 Å². The van der Waals surface area contributed by atoms with Gasteiger partial charge in [0.15, 0.2) is 0 Å². The van der Waals surface area contributed by atoms with Crippen LogP contribution in [0.15, 0.2) is 18.2 Å². The van der Waals surface area contributed by atoms with Crippen LogP contribution in [-0.4, -0.2) is 37.8 Å². The van der Waals surface area contributed by atoms with Crippen molar-refractivity contribution in [1.82, 2.24) is 5.32 Å². The van der Waals surface area contributed by atoms with Gasteiger partial charge in [0.05, 0.1) is 11.3 Å². The molecule has 0 aliphatic carbocycles. The molecule has 1 atom stereocenters. The summed E-state index contributed by atoms with van der Waals surface area (Å²) in [5.41, 5.74) is 8.09. The lowest BCUT2D eigenvalue weighted by Crippen LogP contribution is -2.37. The van der Waals surface area contributed by atoms with Crippen molar-refractivity contribution in [2.75, 3.05) is 37.4 Å². The minimum atomic E-state index is -0.0933. The molecule has 1 fully saturated rings.